The molecular weight excluding hydrogens is 440 g/mol. The number of carbonyl (C=O) groups is 3. The van der Waals surface area contributed by atoms with Gasteiger partial charge in [-0.1, -0.05) is 19.3 Å². The van der Waals surface area contributed by atoms with Crippen molar-refractivity contribution in [2.75, 3.05) is 7.11 Å². The van der Waals surface area contributed by atoms with Crippen LogP contribution in [0.1, 0.15) is 51.5 Å². The SMILES string of the molecule is COc1cc(C=C2C(=O)NC(=O)N(C3CCCCC3)C2=O)cc(Br)c1OC(C)C. The molecule has 1 aliphatic carbocycles. The van der Waals surface area contributed by atoms with Gasteiger partial charge in [0.1, 0.15) is 5.57 Å². The standard InChI is InChI=1S/C21H25BrN2O5/c1-12(2)29-18-16(22)10-13(11-17(18)28-3)9-15-19(25)23-21(27)24(20(15)26)14-7-5-4-6-8-14/h9-12,14H,4-8H2,1-3H3,(H,23,25,27). The second-order valence-electron chi connectivity index (χ2n) is 7.48. The first-order chi connectivity index (χ1) is 13.8. The molecular formula is C21H25BrN2O5. The highest BCUT2D eigenvalue weighted by Crippen LogP contribution is 2.38. The summed E-state index contributed by atoms with van der Waals surface area (Å²) in [5, 5.41) is 2.30. The highest BCUT2D eigenvalue weighted by molar-refractivity contribution is 9.10. The van der Waals surface area contributed by atoms with Crippen LogP contribution in [0.15, 0.2) is 22.2 Å². The fraction of sp³-hybridized carbons (Fsp3) is 0.476. The van der Waals surface area contributed by atoms with E-state index in [2.05, 4.69) is 21.2 Å². The topological polar surface area (TPSA) is 84.9 Å². The van der Waals surface area contributed by atoms with Crippen molar-refractivity contribution in [3.63, 3.8) is 0 Å². The third-order valence-corrected chi connectivity index (χ3v) is 5.58. The minimum atomic E-state index is -0.690. The van der Waals surface area contributed by atoms with E-state index < -0.39 is 17.8 Å². The van der Waals surface area contributed by atoms with E-state index in [1.165, 1.54) is 18.1 Å². The van der Waals surface area contributed by atoms with Crippen molar-refractivity contribution in [1.82, 2.24) is 10.2 Å². The Labute approximate surface area is 178 Å². The molecule has 1 saturated heterocycles. The summed E-state index contributed by atoms with van der Waals surface area (Å²) in [5.74, 6) is -0.222. The predicted octanol–water partition coefficient (Wildman–Crippen LogP) is 4.04. The molecule has 3 rings (SSSR count). The predicted molar refractivity (Wildman–Crippen MR) is 112 cm³/mol. The van der Waals surface area contributed by atoms with E-state index in [1.54, 1.807) is 12.1 Å². The van der Waals surface area contributed by atoms with Crippen molar-refractivity contribution < 1.29 is 23.9 Å². The van der Waals surface area contributed by atoms with E-state index in [4.69, 9.17) is 9.47 Å². The average molecular weight is 465 g/mol. The number of urea groups is 1. The second-order valence-corrected chi connectivity index (χ2v) is 8.34. The molecule has 0 bridgehead atoms. The molecule has 0 unspecified atom stereocenters. The summed E-state index contributed by atoms with van der Waals surface area (Å²) in [4.78, 5) is 38.9. The van der Waals surface area contributed by atoms with E-state index in [0.717, 1.165) is 32.1 Å². The highest BCUT2D eigenvalue weighted by Gasteiger charge is 2.40. The molecule has 29 heavy (non-hydrogen) atoms. The van der Waals surface area contributed by atoms with Crippen LogP contribution in [0.25, 0.3) is 6.08 Å². The number of ether oxygens (including phenoxy) is 2. The molecule has 1 saturated carbocycles. The lowest BCUT2D eigenvalue weighted by molar-refractivity contribution is -0.132. The van der Waals surface area contributed by atoms with Gasteiger partial charge in [0.2, 0.25) is 0 Å². The number of hydrogen-bond donors (Lipinski definition) is 1. The molecule has 1 N–H and O–H groups in total. The third kappa shape index (κ3) is 4.63. The third-order valence-electron chi connectivity index (χ3n) is 4.99. The van der Waals surface area contributed by atoms with Gasteiger partial charge in [0.05, 0.1) is 17.7 Å². The Morgan fingerprint density at radius 3 is 2.48 bits per heavy atom. The summed E-state index contributed by atoms with van der Waals surface area (Å²) in [5.41, 5.74) is 0.517. The Balaban J connectivity index is 1.95. The summed E-state index contributed by atoms with van der Waals surface area (Å²) in [6.45, 7) is 3.81. The zero-order valence-electron chi connectivity index (χ0n) is 16.8. The summed E-state index contributed by atoms with van der Waals surface area (Å²) in [6.07, 6.45) is 5.99. The number of nitrogens with zero attached hydrogens (tertiary/aromatic N) is 1. The molecule has 0 spiro atoms. The number of methoxy groups -OCH3 is 1. The zero-order chi connectivity index (χ0) is 21.1. The van der Waals surface area contributed by atoms with E-state index in [0.29, 0.717) is 21.5 Å². The van der Waals surface area contributed by atoms with Gasteiger partial charge in [-0.15, -0.1) is 0 Å². The first-order valence-corrected chi connectivity index (χ1v) is 10.6. The van der Waals surface area contributed by atoms with E-state index in [9.17, 15) is 14.4 Å². The smallest absolute Gasteiger partial charge is 0.331 e. The lowest BCUT2D eigenvalue weighted by Crippen LogP contribution is -2.58. The van der Waals surface area contributed by atoms with Crippen molar-refractivity contribution >= 4 is 39.9 Å². The molecule has 8 heteroatoms. The largest absolute Gasteiger partial charge is 0.493 e. The number of carbonyl (C=O) groups excluding carboxylic acids is 3. The summed E-state index contributed by atoms with van der Waals surface area (Å²) >= 11 is 3.46. The number of hydrogen-bond acceptors (Lipinski definition) is 5. The molecule has 7 nitrogen and oxygen atoms in total. The maximum atomic E-state index is 13.0. The Morgan fingerprint density at radius 2 is 1.86 bits per heavy atom. The van der Waals surface area contributed by atoms with E-state index >= 15 is 0 Å². The molecule has 4 amide bonds. The van der Waals surface area contributed by atoms with Crippen LogP contribution in [-0.4, -0.2) is 42.0 Å². The Bertz CT molecular complexity index is 859. The summed E-state index contributed by atoms with van der Waals surface area (Å²) < 4.78 is 11.8. The van der Waals surface area contributed by atoms with Crippen LogP contribution in [0.5, 0.6) is 11.5 Å². The molecule has 156 valence electrons. The molecule has 0 aromatic heterocycles. The minimum Gasteiger partial charge on any atom is -0.493 e. The van der Waals surface area contributed by atoms with Gasteiger partial charge in [0.15, 0.2) is 11.5 Å². The quantitative estimate of drug-likeness (QED) is 0.524. The van der Waals surface area contributed by atoms with Crippen LogP contribution in [0.3, 0.4) is 0 Å². The average Bonchev–Trinajstić information content (AvgIpc) is 2.67. The second kappa shape index (κ2) is 8.98. The van der Waals surface area contributed by atoms with Gasteiger partial charge in [-0.25, -0.2) is 4.79 Å². The molecule has 2 fully saturated rings. The van der Waals surface area contributed by atoms with Crippen molar-refractivity contribution in [1.29, 1.82) is 0 Å². The molecule has 1 heterocycles. The molecule has 1 aromatic rings. The summed E-state index contributed by atoms with van der Waals surface area (Å²) in [7, 11) is 1.52. The van der Waals surface area contributed by atoms with Gasteiger partial charge in [0, 0.05) is 6.04 Å². The van der Waals surface area contributed by atoms with Crippen LogP contribution in [-0.2, 0) is 9.59 Å². The van der Waals surface area contributed by atoms with E-state index in [1.807, 2.05) is 13.8 Å². The van der Waals surface area contributed by atoms with Gasteiger partial charge < -0.3 is 9.47 Å². The first-order valence-electron chi connectivity index (χ1n) is 9.76. The van der Waals surface area contributed by atoms with Crippen LogP contribution < -0.4 is 14.8 Å². The lowest BCUT2D eigenvalue weighted by atomic mass is 9.93. The fourth-order valence-corrected chi connectivity index (χ4v) is 4.24. The molecule has 0 radical (unpaired) electrons. The maximum Gasteiger partial charge on any atom is 0.331 e. The zero-order valence-corrected chi connectivity index (χ0v) is 18.4. The van der Waals surface area contributed by atoms with Gasteiger partial charge in [-0.3, -0.25) is 19.8 Å². The number of amides is 4. The Kier molecular flexibility index (Phi) is 6.62. The number of halogens is 1. The summed E-state index contributed by atoms with van der Waals surface area (Å²) in [6, 6.07) is 2.63. The normalized spacial score (nSPS) is 19.7. The molecule has 1 aliphatic heterocycles. The number of benzene rings is 1. The van der Waals surface area contributed by atoms with Crippen molar-refractivity contribution in [2.45, 2.75) is 58.1 Å². The van der Waals surface area contributed by atoms with Crippen molar-refractivity contribution in [2.24, 2.45) is 0 Å². The lowest BCUT2D eigenvalue weighted by Gasteiger charge is -2.35. The molecule has 1 aromatic carbocycles. The maximum absolute atomic E-state index is 13.0. The fourth-order valence-electron chi connectivity index (χ4n) is 3.68. The monoisotopic (exact) mass is 464 g/mol. The molecule has 2 aliphatic rings. The Hall–Kier alpha value is -2.35. The van der Waals surface area contributed by atoms with Gasteiger partial charge in [0.25, 0.3) is 11.8 Å². The van der Waals surface area contributed by atoms with Crippen LogP contribution in [0, 0.1) is 0 Å². The highest BCUT2D eigenvalue weighted by atomic mass is 79.9. The van der Waals surface area contributed by atoms with Gasteiger partial charge in [-0.05, 0) is 66.4 Å². The number of imide groups is 2. The number of nitrogens with one attached hydrogen (secondary N) is 1. The number of barbiturate groups is 1. The molecule has 0 atom stereocenters. The first kappa shape index (κ1) is 21.4. The number of rotatable bonds is 5. The van der Waals surface area contributed by atoms with Gasteiger partial charge in [-0.2, -0.15) is 0 Å². The van der Waals surface area contributed by atoms with Crippen LogP contribution >= 0.6 is 15.9 Å². The van der Waals surface area contributed by atoms with Crippen molar-refractivity contribution in [3.8, 4) is 11.5 Å². The Morgan fingerprint density at radius 1 is 1.17 bits per heavy atom. The minimum absolute atomic E-state index is 0.0508. The van der Waals surface area contributed by atoms with Crippen LogP contribution in [0.2, 0.25) is 0 Å². The van der Waals surface area contributed by atoms with Gasteiger partial charge >= 0.3 is 6.03 Å². The van der Waals surface area contributed by atoms with Crippen LogP contribution in [0.4, 0.5) is 4.79 Å². The van der Waals surface area contributed by atoms with Crippen molar-refractivity contribution in [3.05, 3.63) is 27.7 Å². The van der Waals surface area contributed by atoms with E-state index in [-0.39, 0.29) is 17.7 Å².